The third kappa shape index (κ3) is 10.3. The van der Waals surface area contributed by atoms with Crippen molar-refractivity contribution in [3.8, 4) is 11.5 Å². The van der Waals surface area contributed by atoms with E-state index in [1.54, 1.807) is 0 Å². The van der Waals surface area contributed by atoms with Gasteiger partial charge in [0.2, 0.25) is 0 Å². The van der Waals surface area contributed by atoms with Crippen molar-refractivity contribution < 1.29 is 19.0 Å². The number of hydrogen-bond donors (Lipinski definition) is 1. The molecule has 1 aliphatic rings. The predicted octanol–water partition coefficient (Wildman–Crippen LogP) is 5.99. The van der Waals surface area contributed by atoms with E-state index in [1.807, 2.05) is 62.4 Å². The average Bonchev–Trinajstić information content (AvgIpc) is 3.32. The van der Waals surface area contributed by atoms with Gasteiger partial charge in [0.15, 0.2) is 6.10 Å². The number of benzene rings is 3. The molecule has 3 aromatic carbocycles. The fraction of sp³-hybridized carbons (Fsp3) is 0.367. The second-order valence-corrected chi connectivity index (χ2v) is 9.54. The van der Waals surface area contributed by atoms with Gasteiger partial charge in [-0.25, -0.2) is 4.79 Å². The molecule has 1 amide bonds. The third-order valence-electron chi connectivity index (χ3n) is 5.84. The van der Waals surface area contributed by atoms with Crippen molar-refractivity contribution in [1.29, 1.82) is 0 Å². The first-order chi connectivity index (χ1) is 17.9. The largest absolute Gasteiger partial charge is 0.492 e. The number of alkyl halides is 1. The fourth-order valence-electron chi connectivity index (χ4n) is 3.95. The normalized spacial score (nSPS) is 15.3. The van der Waals surface area contributed by atoms with E-state index >= 15 is 0 Å². The standard InChI is InChI=1S/C18H22ClNO.C12H15NO3/c1-16(15-21-18-10-6-3-7-11-18)20(13-12-19)14-17-8-4-2-5-9-17;1-8-3-9(2)5-10(4-8)15-7-11-6-13-12(14)16-11/h2-11,16H,12-15H2,1H3;3-5,11H,6-7H2,1-2H3,(H,13,14). The van der Waals surface area contributed by atoms with Crippen LogP contribution >= 0.6 is 11.6 Å². The third-order valence-corrected chi connectivity index (χ3v) is 6.01. The number of aryl methyl sites for hydroxylation is 2. The lowest BCUT2D eigenvalue weighted by Gasteiger charge is -2.28. The predicted molar refractivity (Wildman–Crippen MR) is 149 cm³/mol. The lowest BCUT2D eigenvalue weighted by Crippen LogP contribution is -2.38. The van der Waals surface area contributed by atoms with Gasteiger partial charge in [-0.3, -0.25) is 4.90 Å². The summed E-state index contributed by atoms with van der Waals surface area (Å²) in [7, 11) is 0. The number of rotatable bonds is 11. The zero-order valence-electron chi connectivity index (χ0n) is 21.9. The number of carbonyl (C=O) groups is 1. The number of hydrogen-bond acceptors (Lipinski definition) is 5. The average molecular weight is 525 g/mol. The summed E-state index contributed by atoms with van der Waals surface area (Å²) < 4.78 is 16.4. The highest BCUT2D eigenvalue weighted by atomic mass is 35.5. The zero-order chi connectivity index (χ0) is 26.5. The number of nitrogens with zero attached hydrogens (tertiary/aromatic N) is 1. The molecule has 0 saturated carbocycles. The van der Waals surface area contributed by atoms with Crippen molar-refractivity contribution in [2.75, 3.05) is 32.2 Å². The second kappa shape index (κ2) is 15.1. The number of halogens is 1. The maximum Gasteiger partial charge on any atom is 0.407 e. The maximum absolute atomic E-state index is 10.8. The molecule has 4 rings (SSSR count). The van der Waals surface area contributed by atoms with Crippen LogP contribution in [0.1, 0.15) is 23.6 Å². The maximum atomic E-state index is 10.8. The highest BCUT2D eigenvalue weighted by Crippen LogP contribution is 2.17. The quantitative estimate of drug-likeness (QED) is 0.312. The van der Waals surface area contributed by atoms with E-state index in [4.69, 9.17) is 25.8 Å². The summed E-state index contributed by atoms with van der Waals surface area (Å²) in [6.45, 7) is 9.55. The molecule has 7 heteroatoms. The first-order valence-electron chi connectivity index (χ1n) is 12.6. The van der Waals surface area contributed by atoms with E-state index in [0.29, 0.717) is 31.7 Å². The number of carbonyl (C=O) groups excluding carboxylic acids is 1. The van der Waals surface area contributed by atoms with Crippen molar-refractivity contribution in [2.45, 2.75) is 39.5 Å². The van der Waals surface area contributed by atoms with E-state index in [-0.39, 0.29) is 12.2 Å². The smallest absolute Gasteiger partial charge is 0.407 e. The van der Waals surface area contributed by atoms with Crippen molar-refractivity contribution in [2.24, 2.45) is 0 Å². The van der Waals surface area contributed by atoms with Crippen LogP contribution in [-0.2, 0) is 11.3 Å². The monoisotopic (exact) mass is 524 g/mol. The molecule has 1 fully saturated rings. The SMILES string of the molecule is CC(COc1ccccc1)N(CCCl)Cc1ccccc1.Cc1cc(C)cc(OCC2CNC(=O)O2)c1. The van der Waals surface area contributed by atoms with Crippen LogP contribution in [0.15, 0.2) is 78.9 Å². The van der Waals surface area contributed by atoms with Gasteiger partial charge in [0, 0.05) is 25.0 Å². The van der Waals surface area contributed by atoms with Crippen LogP contribution in [0.3, 0.4) is 0 Å². The Hall–Kier alpha value is -3.22. The summed E-state index contributed by atoms with van der Waals surface area (Å²) in [4.78, 5) is 13.1. The van der Waals surface area contributed by atoms with Gasteiger partial charge in [-0.05, 0) is 61.7 Å². The molecule has 3 aromatic rings. The Labute approximate surface area is 225 Å². The van der Waals surface area contributed by atoms with E-state index in [9.17, 15) is 4.79 Å². The van der Waals surface area contributed by atoms with Gasteiger partial charge in [0.25, 0.3) is 0 Å². The van der Waals surface area contributed by atoms with Crippen LogP contribution < -0.4 is 14.8 Å². The molecule has 198 valence electrons. The Morgan fingerprint density at radius 1 is 0.973 bits per heavy atom. The van der Waals surface area contributed by atoms with Gasteiger partial charge >= 0.3 is 6.09 Å². The fourth-order valence-corrected chi connectivity index (χ4v) is 4.17. The molecule has 0 radical (unpaired) electrons. The molecule has 1 saturated heterocycles. The molecule has 37 heavy (non-hydrogen) atoms. The number of amides is 1. The Bertz CT molecular complexity index is 1060. The van der Waals surface area contributed by atoms with Gasteiger partial charge in [-0.1, -0.05) is 54.6 Å². The minimum Gasteiger partial charge on any atom is -0.492 e. The number of cyclic esters (lactones) is 1. The molecular formula is C30H37ClN2O4. The summed E-state index contributed by atoms with van der Waals surface area (Å²) >= 11 is 5.94. The molecule has 6 nitrogen and oxygen atoms in total. The van der Waals surface area contributed by atoms with Gasteiger partial charge in [-0.2, -0.15) is 0 Å². The highest BCUT2D eigenvalue weighted by Gasteiger charge is 2.22. The Balaban J connectivity index is 0.000000213. The van der Waals surface area contributed by atoms with Crippen LogP contribution in [-0.4, -0.2) is 55.3 Å². The molecule has 1 N–H and O–H groups in total. The topological polar surface area (TPSA) is 60.0 Å². The Morgan fingerprint density at radius 3 is 2.22 bits per heavy atom. The summed E-state index contributed by atoms with van der Waals surface area (Å²) in [5.74, 6) is 2.36. The molecular weight excluding hydrogens is 488 g/mol. The Kier molecular flexibility index (Phi) is 11.6. The highest BCUT2D eigenvalue weighted by molar-refractivity contribution is 6.18. The van der Waals surface area contributed by atoms with E-state index < -0.39 is 0 Å². The molecule has 2 atom stereocenters. The van der Waals surface area contributed by atoms with Crippen molar-refractivity contribution in [3.63, 3.8) is 0 Å². The molecule has 0 spiro atoms. The number of nitrogens with one attached hydrogen (secondary N) is 1. The minimum atomic E-state index is -0.367. The first-order valence-corrected chi connectivity index (χ1v) is 13.1. The van der Waals surface area contributed by atoms with Crippen LogP contribution in [0, 0.1) is 13.8 Å². The van der Waals surface area contributed by atoms with Gasteiger partial charge < -0.3 is 19.5 Å². The van der Waals surface area contributed by atoms with Gasteiger partial charge in [0.05, 0.1) is 6.54 Å². The lowest BCUT2D eigenvalue weighted by molar-refractivity contribution is 0.105. The second-order valence-electron chi connectivity index (χ2n) is 9.16. The molecule has 0 aromatic heterocycles. The number of ether oxygens (including phenoxy) is 3. The summed E-state index contributed by atoms with van der Waals surface area (Å²) in [5, 5.41) is 2.59. The number of para-hydroxylation sites is 1. The summed E-state index contributed by atoms with van der Waals surface area (Å²) in [5.41, 5.74) is 3.63. The van der Waals surface area contributed by atoms with Crippen molar-refractivity contribution in [3.05, 3.63) is 95.6 Å². The van der Waals surface area contributed by atoms with Crippen molar-refractivity contribution in [1.82, 2.24) is 10.2 Å². The lowest BCUT2D eigenvalue weighted by atomic mass is 10.1. The molecule has 2 unspecified atom stereocenters. The van der Waals surface area contributed by atoms with Crippen LogP contribution in [0.5, 0.6) is 11.5 Å². The molecule has 1 aliphatic heterocycles. The van der Waals surface area contributed by atoms with Crippen LogP contribution in [0.2, 0.25) is 0 Å². The van der Waals surface area contributed by atoms with Crippen LogP contribution in [0.4, 0.5) is 4.79 Å². The molecule has 0 aliphatic carbocycles. The zero-order valence-corrected chi connectivity index (χ0v) is 22.6. The van der Waals surface area contributed by atoms with E-state index in [1.165, 1.54) is 5.56 Å². The molecule has 0 bridgehead atoms. The minimum absolute atomic E-state index is 0.187. The first kappa shape index (κ1) is 28.4. The number of alkyl carbamates (subject to hydrolysis) is 1. The van der Waals surface area contributed by atoms with Crippen molar-refractivity contribution >= 4 is 17.7 Å². The Morgan fingerprint density at radius 2 is 1.62 bits per heavy atom. The van der Waals surface area contributed by atoms with E-state index in [0.717, 1.165) is 35.7 Å². The van der Waals surface area contributed by atoms with Crippen LogP contribution in [0.25, 0.3) is 0 Å². The summed E-state index contributed by atoms with van der Waals surface area (Å²) in [6.07, 6.45) is -0.553. The summed E-state index contributed by atoms with van der Waals surface area (Å²) in [6, 6.07) is 26.7. The van der Waals surface area contributed by atoms with Gasteiger partial charge in [0.1, 0.15) is 24.7 Å². The van der Waals surface area contributed by atoms with E-state index in [2.05, 4.69) is 47.5 Å². The van der Waals surface area contributed by atoms with Gasteiger partial charge in [-0.15, -0.1) is 11.6 Å². The molecule has 1 heterocycles.